The topological polar surface area (TPSA) is 25.8 Å². The number of benzene rings is 2. The van der Waals surface area contributed by atoms with Gasteiger partial charge in [0.15, 0.2) is 0 Å². The molecule has 0 saturated carbocycles. The fraction of sp³-hybridized carbons (Fsp3) is 0.200. The molecule has 2 nitrogen and oxygen atoms in total. The highest BCUT2D eigenvalue weighted by atomic mass is 32.1. The minimum Gasteiger partial charge on any atom is -0.255 e. The zero-order chi connectivity index (χ0) is 16.0. The van der Waals surface area contributed by atoms with E-state index >= 15 is 0 Å². The van der Waals surface area contributed by atoms with Crippen LogP contribution in [0.5, 0.6) is 0 Å². The Morgan fingerprint density at radius 2 is 1.78 bits per heavy atom. The van der Waals surface area contributed by atoms with Crippen molar-refractivity contribution in [3.8, 4) is 11.3 Å². The van der Waals surface area contributed by atoms with Gasteiger partial charge in [-0.3, -0.25) is 4.98 Å². The molecule has 0 amide bonds. The summed E-state index contributed by atoms with van der Waals surface area (Å²) in [5.41, 5.74) is 6.54. The quantitative estimate of drug-likeness (QED) is 0.442. The van der Waals surface area contributed by atoms with Crippen molar-refractivity contribution in [1.29, 1.82) is 0 Å². The molecule has 4 aromatic rings. The number of thiazole rings is 1. The second-order valence-electron chi connectivity index (χ2n) is 6.86. The molecule has 2 aromatic heterocycles. The van der Waals surface area contributed by atoms with E-state index in [9.17, 15) is 0 Å². The van der Waals surface area contributed by atoms with Crippen molar-refractivity contribution < 1.29 is 0 Å². The van der Waals surface area contributed by atoms with E-state index in [1.54, 1.807) is 11.3 Å². The van der Waals surface area contributed by atoms with Crippen LogP contribution in [-0.2, 0) is 5.41 Å². The largest absolute Gasteiger partial charge is 0.255 e. The molecule has 0 unspecified atom stereocenters. The van der Waals surface area contributed by atoms with Crippen LogP contribution in [0.25, 0.3) is 32.2 Å². The highest BCUT2D eigenvalue weighted by Crippen LogP contribution is 2.36. The molecule has 0 atom stereocenters. The molecule has 0 aliphatic carbocycles. The average molecular weight is 318 g/mol. The lowest BCUT2D eigenvalue weighted by Crippen LogP contribution is -2.12. The van der Waals surface area contributed by atoms with Crippen LogP contribution in [-0.4, -0.2) is 9.97 Å². The van der Waals surface area contributed by atoms with Gasteiger partial charge in [-0.15, -0.1) is 11.3 Å². The first-order valence-corrected chi connectivity index (χ1v) is 8.64. The number of fused-ring (bicyclic) bond motifs is 2. The summed E-state index contributed by atoms with van der Waals surface area (Å²) in [6, 6.07) is 15.1. The summed E-state index contributed by atoms with van der Waals surface area (Å²) in [5.74, 6) is 0. The van der Waals surface area contributed by atoms with Crippen LogP contribution in [0.3, 0.4) is 0 Å². The van der Waals surface area contributed by atoms with E-state index in [2.05, 4.69) is 67.1 Å². The molecule has 0 saturated heterocycles. The lowest BCUT2D eigenvalue weighted by atomic mass is 9.82. The molecular formula is C20H18N2S. The predicted molar refractivity (Wildman–Crippen MR) is 99.1 cm³/mol. The normalized spacial score (nSPS) is 12.1. The monoisotopic (exact) mass is 318 g/mol. The van der Waals surface area contributed by atoms with Gasteiger partial charge >= 0.3 is 0 Å². The van der Waals surface area contributed by atoms with E-state index in [1.807, 2.05) is 17.8 Å². The third kappa shape index (κ3) is 2.41. The lowest BCUT2D eigenvalue weighted by molar-refractivity contribution is 0.596. The highest BCUT2D eigenvalue weighted by molar-refractivity contribution is 7.17. The standard InChI is InChI=1S/C20H18N2S/c1-20(2,3)16-11-14(10-13-6-4-5-7-15(13)16)18-19-17(8-9-21-18)22-12-23-19/h4-12H,1-3H3. The minimum atomic E-state index is 0.0806. The van der Waals surface area contributed by atoms with Crippen molar-refractivity contribution in [1.82, 2.24) is 9.97 Å². The Morgan fingerprint density at radius 3 is 2.61 bits per heavy atom. The van der Waals surface area contributed by atoms with Crippen molar-refractivity contribution in [3.63, 3.8) is 0 Å². The molecule has 0 radical (unpaired) electrons. The third-order valence-electron chi connectivity index (χ3n) is 4.19. The van der Waals surface area contributed by atoms with Crippen molar-refractivity contribution in [2.24, 2.45) is 0 Å². The first-order chi connectivity index (χ1) is 11.0. The summed E-state index contributed by atoms with van der Waals surface area (Å²) >= 11 is 1.65. The molecule has 3 heteroatoms. The number of aromatic nitrogens is 2. The Hall–Kier alpha value is -2.26. The number of hydrogen-bond donors (Lipinski definition) is 0. The molecule has 0 aliphatic heterocycles. The molecule has 23 heavy (non-hydrogen) atoms. The summed E-state index contributed by atoms with van der Waals surface area (Å²) in [7, 11) is 0. The van der Waals surface area contributed by atoms with E-state index in [0.29, 0.717) is 0 Å². The van der Waals surface area contributed by atoms with Crippen molar-refractivity contribution in [2.45, 2.75) is 26.2 Å². The van der Waals surface area contributed by atoms with Crippen molar-refractivity contribution in [3.05, 3.63) is 59.7 Å². The van der Waals surface area contributed by atoms with Crippen LogP contribution in [0.2, 0.25) is 0 Å². The van der Waals surface area contributed by atoms with Gasteiger partial charge in [-0.2, -0.15) is 0 Å². The highest BCUT2D eigenvalue weighted by Gasteiger charge is 2.19. The zero-order valence-corrected chi connectivity index (χ0v) is 14.3. The van der Waals surface area contributed by atoms with Crippen LogP contribution in [0, 0.1) is 0 Å². The zero-order valence-electron chi connectivity index (χ0n) is 13.5. The second kappa shape index (κ2) is 5.14. The molecule has 4 rings (SSSR count). The minimum absolute atomic E-state index is 0.0806. The van der Waals surface area contributed by atoms with Crippen LogP contribution >= 0.6 is 11.3 Å². The predicted octanol–water partition coefficient (Wildman–Crippen LogP) is 5.81. The maximum Gasteiger partial charge on any atom is 0.0896 e. The van der Waals surface area contributed by atoms with Gasteiger partial charge in [0.05, 0.1) is 21.4 Å². The first kappa shape index (κ1) is 14.3. The first-order valence-electron chi connectivity index (χ1n) is 7.76. The van der Waals surface area contributed by atoms with Crippen LogP contribution in [0.15, 0.2) is 54.2 Å². The van der Waals surface area contributed by atoms with Crippen molar-refractivity contribution in [2.75, 3.05) is 0 Å². The van der Waals surface area contributed by atoms with E-state index in [0.717, 1.165) is 15.9 Å². The summed E-state index contributed by atoms with van der Waals surface area (Å²) < 4.78 is 1.16. The number of hydrogen-bond acceptors (Lipinski definition) is 3. The van der Waals surface area contributed by atoms with Gasteiger partial charge in [-0.1, -0.05) is 45.0 Å². The average Bonchev–Trinajstić information content (AvgIpc) is 3.01. The summed E-state index contributed by atoms with van der Waals surface area (Å²) in [4.78, 5) is 9.07. The Labute approximate surface area is 139 Å². The van der Waals surface area contributed by atoms with Crippen molar-refractivity contribution >= 4 is 32.3 Å². The van der Waals surface area contributed by atoms with E-state index in [1.165, 1.54) is 21.9 Å². The molecule has 0 N–H and O–H groups in total. The Kier molecular flexibility index (Phi) is 3.20. The summed E-state index contributed by atoms with van der Waals surface area (Å²) in [6.07, 6.45) is 1.85. The smallest absolute Gasteiger partial charge is 0.0896 e. The van der Waals surface area contributed by atoms with E-state index < -0.39 is 0 Å². The van der Waals surface area contributed by atoms with Gasteiger partial charge in [0.25, 0.3) is 0 Å². The Morgan fingerprint density at radius 1 is 0.957 bits per heavy atom. The molecule has 0 fully saturated rings. The van der Waals surface area contributed by atoms with Gasteiger partial charge in [0.2, 0.25) is 0 Å². The number of rotatable bonds is 1. The third-order valence-corrected chi connectivity index (χ3v) is 5.04. The molecule has 2 aromatic carbocycles. The summed E-state index contributed by atoms with van der Waals surface area (Å²) in [5, 5.41) is 2.58. The fourth-order valence-electron chi connectivity index (χ4n) is 3.07. The van der Waals surface area contributed by atoms with Gasteiger partial charge in [-0.05, 0) is 39.9 Å². The SMILES string of the molecule is CC(C)(C)c1cc(-c2nccc3ncsc23)cc2ccccc12. The molecular weight excluding hydrogens is 300 g/mol. The van der Waals surface area contributed by atoms with Gasteiger partial charge in [0, 0.05) is 11.8 Å². The fourth-order valence-corrected chi connectivity index (χ4v) is 3.86. The number of pyridine rings is 1. The molecule has 0 bridgehead atoms. The molecule has 0 aliphatic rings. The molecule has 0 spiro atoms. The Bertz CT molecular complexity index is 1010. The molecule has 2 heterocycles. The second-order valence-corrected chi connectivity index (χ2v) is 7.71. The van der Waals surface area contributed by atoms with Gasteiger partial charge in [0.1, 0.15) is 0 Å². The number of nitrogens with zero attached hydrogens (tertiary/aromatic N) is 2. The lowest BCUT2D eigenvalue weighted by Gasteiger charge is -2.22. The summed E-state index contributed by atoms with van der Waals surface area (Å²) in [6.45, 7) is 6.79. The molecule has 114 valence electrons. The van der Waals surface area contributed by atoms with Crippen LogP contribution in [0.1, 0.15) is 26.3 Å². The maximum absolute atomic E-state index is 4.65. The maximum atomic E-state index is 4.65. The van der Waals surface area contributed by atoms with E-state index in [-0.39, 0.29) is 5.41 Å². The van der Waals surface area contributed by atoms with Crippen LogP contribution < -0.4 is 0 Å². The van der Waals surface area contributed by atoms with E-state index in [4.69, 9.17) is 0 Å². The van der Waals surface area contributed by atoms with Crippen LogP contribution in [0.4, 0.5) is 0 Å². The van der Waals surface area contributed by atoms with Gasteiger partial charge < -0.3 is 0 Å². The van der Waals surface area contributed by atoms with Gasteiger partial charge in [-0.25, -0.2) is 4.98 Å². The Balaban J connectivity index is 2.07.